The number of anilines is 1. The molecule has 0 radical (unpaired) electrons. The van der Waals surface area contributed by atoms with Crippen molar-refractivity contribution in [3.8, 4) is 0 Å². The minimum atomic E-state index is -3.68. The van der Waals surface area contributed by atoms with Gasteiger partial charge in [-0.2, -0.15) is 4.31 Å². The van der Waals surface area contributed by atoms with Crippen LogP contribution in [0.4, 0.5) is 5.82 Å². The molecule has 8 nitrogen and oxygen atoms in total. The van der Waals surface area contributed by atoms with Crippen LogP contribution in [-0.4, -0.2) is 38.6 Å². The van der Waals surface area contributed by atoms with E-state index in [1.165, 1.54) is 10.5 Å². The lowest BCUT2D eigenvalue weighted by molar-refractivity contribution is 0.390. The fourth-order valence-electron chi connectivity index (χ4n) is 3.65. The molecule has 0 spiro atoms. The molecule has 0 bridgehead atoms. The zero-order chi connectivity index (χ0) is 21.4. The monoisotopic (exact) mass is 454 g/mol. The van der Waals surface area contributed by atoms with Crippen molar-refractivity contribution in [2.24, 2.45) is 0 Å². The van der Waals surface area contributed by atoms with Gasteiger partial charge in [-0.15, -0.1) is 0 Å². The van der Waals surface area contributed by atoms with Crippen molar-refractivity contribution in [1.82, 2.24) is 23.7 Å². The Labute approximate surface area is 184 Å². The molecular weight excluding hydrogens is 436 g/mol. The summed E-state index contributed by atoms with van der Waals surface area (Å²) in [5.41, 5.74) is 3.53. The Morgan fingerprint density at radius 1 is 1.13 bits per heavy atom. The minimum absolute atomic E-state index is 0.147. The third kappa shape index (κ3) is 3.87. The van der Waals surface area contributed by atoms with Gasteiger partial charge in [-0.1, -0.05) is 17.7 Å². The lowest BCUT2D eigenvalue weighted by Crippen LogP contribution is -2.36. The first-order valence-electron chi connectivity index (χ1n) is 9.76. The molecule has 0 saturated heterocycles. The number of halogens is 1. The van der Waals surface area contributed by atoms with E-state index in [0.717, 1.165) is 22.5 Å². The average molecular weight is 455 g/mol. The summed E-state index contributed by atoms with van der Waals surface area (Å²) in [6, 6.07) is 10.9. The largest absolute Gasteiger partial charge is 0.364 e. The number of sulfonamides is 1. The van der Waals surface area contributed by atoms with Gasteiger partial charge >= 0.3 is 0 Å². The molecule has 1 N–H and O–H groups in total. The molecule has 0 fully saturated rings. The molecule has 1 aliphatic rings. The Hall–Kier alpha value is -3.01. The average Bonchev–Trinajstić information content (AvgIpc) is 3.21. The minimum Gasteiger partial charge on any atom is -0.364 e. The number of hydrogen-bond donors (Lipinski definition) is 1. The van der Waals surface area contributed by atoms with E-state index in [9.17, 15) is 8.42 Å². The zero-order valence-electron chi connectivity index (χ0n) is 16.4. The third-order valence-corrected chi connectivity index (χ3v) is 7.46. The number of aromatic nitrogens is 4. The molecule has 5 rings (SSSR count). The number of rotatable bonds is 5. The highest BCUT2D eigenvalue weighted by Gasteiger charge is 2.29. The van der Waals surface area contributed by atoms with Gasteiger partial charge in [0.15, 0.2) is 0 Å². The second-order valence-electron chi connectivity index (χ2n) is 7.26. The van der Waals surface area contributed by atoms with Gasteiger partial charge in [0.05, 0.1) is 12.2 Å². The van der Waals surface area contributed by atoms with Gasteiger partial charge in [-0.05, 0) is 42.3 Å². The van der Waals surface area contributed by atoms with Crippen LogP contribution in [0.25, 0.3) is 5.65 Å². The molecule has 158 valence electrons. The van der Waals surface area contributed by atoms with Crippen molar-refractivity contribution >= 4 is 33.1 Å². The highest BCUT2D eigenvalue weighted by molar-refractivity contribution is 7.89. The van der Waals surface area contributed by atoms with Gasteiger partial charge < -0.3 is 9.72 Å². The maximum Gasteiger partial charge on any atom is 0.244 e. The van der Waals surface area contributed by atoms with Crippen molar-refractivity contribution in [3.63, 3.8) is 0 Å². The van der Waals surface area contributed by atoms with E-state index >= 15 is 0 Å². The van der Waals surface area contributed by atoms with E-state index in [0.29, 0.717) is 30.5 Å². The summed E-state index contributed by atoms with van der Waals surface area (Å²) in [6.07, 6.45) is 7.50. The maximum atomic E-state index is 13.1. The Bertz CT molecular complexity index is 1320. The fourth-order valence-corrected chi connectivity index (χ4v) is 5.24. The maximum absolute atomic E-state index is 13.1. The Kier molecular flexibility index (Phi) is 5.09. The molecule has 1 aliphatic heterocycles. The van der Waals surface area contributed by atoms with E-state index in [2.05, 4.69) is 20.3 Å². The van der Waals surface area contributed by atoms with Gasteiger partial charge in [0, 0.05) is 43.4 Å². The van der Waals surface area contributed by atoms with E-state index in [-0.39, 0.29) is 11.4 Å². The lowest BCUT2D eigenvalue weighted by Gasteiger charge is -2.28. The summed E-state index contributed by atoms with van der Waals surface area (Å²) in [6.45, 7) is 1.08. The van der Waals surface area contributed by atoms with Gasteiger partial charge in [0.1, 0.15) is 21.5 Å². The van der Waals surface area contributed by atoms with Crippen LogP contribution < -0.4 is 5.32 Å². The van der Waals surface area contributed by atoms with Crippen molar-refractivity contribution in [2.45, 2.75) is 24.4 Å². The smallest absolute Gasteiger partial charge is 0.244 e. The summed E-state index contributed by atoms with van der Waals surface area (Å²) >= 11 is 6.18. The second kappa shape index (κ2) is 7.92. The van der Waals surface area contributed by atoms with E-state index in [1.54, 1.807) is 18.3 Å². The zero-order valence-corrected chi connectivity index (χ0v) is 18.0. The number of imidazole rings is 1. The fraction of sp³-hybridized carbons (Fsp3) is 0.190. The highest BCUT2D eigenvalue weighted by Crippen LogP contribution is 2.28. The molecule has 10 heteroatoms. The Morgan fingerprint density at radius 3 is 2.84 bits per heavy atom. The molecule has 5 heterocycles. The van der Waals surface area contributed by atoms with Gasteiger partial charge in [0.25, 0.3) is 0 Å². The number of nitrogens with zero attached hydrogens (tertiary/aromatic N) is 5. The van der Waals surface area contributed by atoms with Crippen molar-refractivity contribution in [1.29, 1.82) is 0 Å². The van der Waals surface area contributed by atoms with Crippen molar-refractivity contribution < 1.29 is 8.42 Å². The van der Waals surface area contributed by atoms with Gasteiger partial charge in [0.2, 0.25) is 10.0 Å². The van der Waals surface area contributed by atoms with Crippen LogP contribution in [-0.2, 0) is 29.5 Å². The first-order valence-corrected chi connectivity index (χ1v) is 11.6. The quantitative estimate of drug-likeness (QED) is 0.466. The van der Waals surface area contributed by atoms with Crippen LogP contribution in [0.3, 0.4) is 0 Å². The normalized spacial score (nSPS) is 14.5. The topological polar surface area (TPSA) is 92.5 Å². The summed E-state index contributed by atoms with van der Waals surface area (Å²) < 4.78 is 29.5. The van der Waals surface area contributed by atoms with Crippen LogP contribution in [0.1, 0.15) is 16.8 Å². The lowest BCUT2D eigenvalue weighted by atomic mass is 10.0. The van der Waals surface area contributed by atoms with Crippen LogP contribution in [0, 0.1) is 0 Å². The Morgan fingerprint density at radius 2 is 2.03 bits per heavy atom. The number of nitrogens with one attached hydrogen (secondary N) is 1. The standard InChI is InChI=1S/C21H19ClN6O2S/c22-21-18-14-28(10-7-15(18)6-8-23-21)31(29,30)17-4-5-19(25-12-17)24-11-16-13-27-9-2-1-3-20(27)26-16/h1-6,8-9,12-13H,7,10-11,14H2,(H,24,25). The molecule has 4 aromatic heterocycles. The molecule has 4 aromatic rings. The van der Waals surface area contributed by atoms with Crippen molar-refractivity contribution in [2.75, 3.05) is 11.9 Å². The predicted molar refractivity (Wildman–Crippen MR) is 117 cm³/mol. The van der Waals surface area contributed by atoms with Crippen LogP contribution in [0.15, 0.2) is 66.1 Å². The molecule has 0 amide bonds. The van der Waals surface area contributed by atoms with Crippen molar-refractivity contribution in [3.05, 3.63) is 83.2 Å². The summed E-state index contributed by atoms with van der Waals surface area (Å²) in [4.78, 5) is 13.0. The summed E-state index contributed by atoms with van der Waals surface area (Å²) in [5, 5.41) is 3.53. The molecule has 0 unspecified atom stereocenters. The first kappa shape index (κ1) is 19.9. The SMILES string of the molecule is O=S(=O)(c1ccc(NCc2cn3ccccc3n2)nc1)N1CCc2ccnc(Cl)c2C1. The van der Waals surface area contributed by atoms with E-state index < -0.39 is 10.0 Å². The first-order chi connectivity index (χ1) is 15.0. The molecule has 0 saturated carbocycles. The molecule has 0 aliphatic carbocycles. The number of fused-ring (bicyclic) bond motifs is 2. The Balaban J connectivity index is 1.29. The van der Waals surface area contributed by atoms with Crippen LogP contribution in [0.2, 0.25) is 5.15 Å². The van der Waals surface area contributed by atoms with Crippen LogP contribution in [0.5, 0.6) is 0 Å². The van der Waals surface area contributed by atoms with E-state index in [4.69, 9.17) is 11.6 Å². The van der Waals surface area contributed by atoms with Gasteiger partial charge in [-0.3, -0.25) is 0 Å². The summed E-state index contributed by atoms with van der Waals surface area (Å²) in [7, 11) is -3.68. The predicted octanol–water partition coefficient (Wildman–Crippen LogP) is 3.14. The molecular formula is C21H19ClN6O2S. The van der Waals surface area contributed by atoms with Gasteiger partial charge in [-0.25, -0.2) is 23.4 Å². The highest BCUT2D eigenvalue weighted by atomic mass is 35.5. The second-order valence-corrected chi connectivity index (χ2v) is 9.56. The molecule has 31 heavy (non-hydrogen) atoms. The number of hydrogen-bond acceptors (Lipinski definition) is 6. The molecule has 0 aromatic carbocycles. The number of pyridine rings is 3. The van der Waals surface area contributed by atoms with Crippen LogP contribution >= 0.6 is 11.6 Å². The van der Waals surface area contributed by atoms with E-state index in [1.807, 2.05) is 41.1 Å². The molecule has 0 atom stereocenters. The summed E-state index contributed by atoms with van der Waals surface area (Å²) in [5.74, 6) is 0.576. The third-order valence-electron chi connectivity index (χ3n) is 5.30.